The highest BCUT2D eigenvalue weighted by Gasteiger charge is 2.33. The van der Waals surface area contributed by atoms with Gasteiger partial charge in [-0.1, -0.05) is 83.3 Å². The molecular formula is C27H28Cl3N3O4S. The summed E-state index contributed by atoms with van der Waals surface area (Å²) in [6.07, 6.45) is 1.20. The Morgan fingerprint density at radius 3 is 2.11 bits per heavy atom. The number of rotatable bonds is 11. The lowest BCUT2D eigenvalue weighted by Crippen LogP contribution is -2.53. The number of carbonyl (C=O) groups is 2. The maximum Gasteiger partial charge on any atom is 0.244 e. The molecule has 3 rings (SSSR count). The second kappa shape index (κ2) is 13.3. The first kappa shape index (κ1) is 29.8. The van der Waals surface area contributed by atoms with Crippen molar-refractivity contribution in [2.75, 3.05) is 23.7 Å². The van der Waals surface area contributed by atoms with Gasteiger partial charge in [-0.05, 0) is 42.3 Å². The third kappa shape index (κ3) is 8.11. The van der Waals surface area contributed by atoms with Crippen molar-refractivity contribution in [1.82, 2.24) is 10.2 Å². The third-order valence-corrected chi connectivity index (χ3v) is 7.68. The number of likely N-dealkylation sites (N-methyl/N-ethyl adjacent to an activating group) is 1. The molecule has 11 heteroatoms. The molecule has 0 aliphatic heterocycles. The molecule has 38 heavy (non-hydrogen) atoms. The van der Waals surface area contributed by atoms with Gasteiger partial charge in [-0.3, -0.25) is 13.9 Å². The Balaban J connectivity index is 2.07. The predicted molar refractivity (Wildman–Crippen MR) is 153 cm³/mol. The first-order chi connectivity index (χ1) is 18.0. The number of amides is 2. The minimum atomic E-state index is -3.93. The molecule has 0 radical (unpaired) electrons. The van der Waals surface area contributed by atoms with Crippen LogP contribution in [0.15, 0.2) is 72.8 Å². The Hall–Kier alpha value is -2.78. The maximum atomic E-state index is 13.9. The fraction of sp³-hybridized carbons (Fsp3) is 0.259. The number of anilines is 1. The van der Waals surface area contributed by atoms with E-state index in [0.717, 1.165) is 16.1 Å². The van der Waals surface area contributed by atoms with E-state index >= 15 is 0 Å². The molecule has 0 spiro atoms. The lowest BCUT2D eigenvalue weighted by Gasteiger charge is -2.33. The van der Waals surface area contributed by atoms with Crippen LogP contribution in [0, 0.1) is 0 Å². The first-order valence-electron chi connectivity index (χ1n) is 11.8. The largest absolute Gasteiger partial charge is 0.355 e. The van der Waals surface area contributed by atoms with Gasteiger partial charge in [0.05, 0.1) is 11.9 Å². The average molecular weight is 597 g/mol. The lowest BCUT2D eigenvalue weighted by molar-refractivity contribution is -0.140. The van der Waals surface area contributed by atoms with Gasteiger partial charge < -0.3 is 10.2 Å². The normalized spacial score (nSPS) is 12.0. The molecule has 0 aliphatic carbocycles. The van der Waals surface area contributed by atoms with Crippen LogP contribution in [0.25, 0.3) is 0 Å². The molecule has 0 saturated heterocycles. The van der Waals surface area contributed by atoms with Crippen molar-refractivity contribution in [1.29, 1.82) is 0 Å². The number of nitrogens with one attached hydrogen (secondary N) is 1. The summed E-state index contributed by atoms with van der Waals surface area (Å²) in [6.45, 7) is 1.55. The van der Waals surface area contributed by atoms with Crippen LogP contribution in [0.1, 0.15) is 18.1 Å². The maximum absolute atomic E-state index is 13.9. The minimum Gasteiger partial charge on any atom is -0.355 e. The standard InChI is InChI=1S/C27H28Cl3N3O4S/c1-3-31-27(35)25(13-19-9-5-4-6-10-19)32(17-20-11-7-8-12-24(20)30)26(34)18-33(38(2,36)37)23-15-21(28)14-22(29)16-23/h4-12,14-16,25H,3,13,17-18H2,1-2H3,(H,31,35)/t25-/m1/s1. The molecule has 3 aromatic rings. The van der Waals surface area contributed by atoms with Crippen LogP contribution in [-0.4, -0.2) is 50.5 Å². The van der Waals surface area contributed by atoms with Crippen molar-refractivity contribution in [2.45, 2.75) is 25.9 Å². The molecule has 202 valence electrons. The molecule has 0 heterocycles. The van der Waals surface area contributed by atoms with Gasteiger partial charge in [0.25, 0.3) is 0 Å². The highest BCUT2D eigenvalue weighted by Crippen LogP contribution is 2.28. The molecule has 0 aromatic heterocycles. The minimum absolute atomic E-state index is 0.0129. The summed E-state index contributed by atoms with van der Waals surface area (Å²) >= 11 is 18.6. The van der Waals surface area contributed by atoms with Crippen LogP contribution >= 0.6 is 34.8 Å². The van der Waals surface area contributed by atoms with Gasteiger partial charge in [-0.2, -0.15) is 0 Å². The van der Waals surface area contributed by atoms with Gasteiger partial charge in [-0.15, -0.1) is 0 Å². The highest BCUT2D eigenvalue weighted by molar-refractivity contribution is 7.92. The Bertz CT molecular complexity index is 1370. The van der Waals surface area contributed by atoms with E-state index in [1.807, 2.05) is 30.3 Å². The zero-order chi connectivity index (χ0) is 27.9. The third-order valence-electron chi connectivity index (χ3n) is 5.74. The zero-order valence-electron chi connectivity index (χ0n) is 20.9. The number of sulfonamides is 1. The number of nitrogens with zero attached hydrogens (tertiary/aromatic N) is 2. The van der Waals surface area contributed by atoms with Gasteiger partial charge in [-0.25, -0.2) is 8.42 Å². The molecule has 0 unspecified atom stereocenters. The van der Waals surface area contributed by atoms with E-state index in [9.17, 15) is 18.0 Å². The highest BCUT2D eigenvalue weighted by atomic mass is 35.5. The molecule has 0 bridgehead atoms. The quantitative estimate of drug-likeness (QED) is 0.330. The van der Waals surface area contributed by atoms with Crippen LogP contribution in [0.3, 0.4) is 0 Å². The van der Waals surface area contributed by atoms with E-state index in [1.54, 1.807) is 31.2 Å². The summed E-state index contributed by atoms with van der Waals surface area (Å²) in [7, 11) is -3.93. The van der Waals surface area contributed by atoms with Gasteiger partial charge in [0, 0.05) is 34.6 Å². The molecule has 7 nitrogen and oxygen atoms in total. The van der Waals surface area contributed by atoms with Gasteiger partial charge in [0.1, 0.15) is 12.6 Å². The fourth-order valence-corrected chi connectivity index (χ4v) is 5.50. The summed E-state index contributed by atoms with van der Waals surface area (Å²) in [4.78, 5) is 28.6. The number of hydrogen-bond acceptors (Lipinski definition) is 4. The fourth-order valence-electron chi connectivity index (χ4n) is 3.95. The van der Waals surface area contributed by atoms with Crippen LogP contribution in [0.5, 0.6) is 0 Å². The number of carbonyl (C=O) groups excluding carboxylic acids is 2. The summed E-state index contributed by atoms with van der Waals surface area (Å²) in [5.41, 5.74) is 1.58. The summed E-state index contributed by atoms with van der Waals surface area (Å²) < 4.78 is 26.5. The monoisotopic (exact) mass is 595 g/mol. The second-order valence-electron chi connectivity index (χ2n) is 8.61. The van der Waals surface area contributed by atoms with Gasteiger partial charge in [0.15, 0.2) is 0 Å². The van der Waals surface area contributed by atoms with E-state index in [1.165, 1.54) is 23.1 Å². The lowest BCUT2D eigenvalue weighted by atomic mass is 10.0. The van der Waals surface area contributed by atoms with Crippen molar-refractivity contribution >= 4 is 62.3 Å². The molecular weight excluding hydrogens is 569 g/mol. The summed E-state index contributed by atoms with van der Waals surface area (Å²) in [6, 6.07) is 19.6. The number of halogens is 3. The van der Waals surface area contributed by atoms with E-state index in [0.29, 0.717) is 17.1 Å². The molecule has 3 aromatic carbocycles. The molecule has 2 amide bonds. The molecule has 1 N–H and O–H groups in total. The predicted octanol–water partition coefficient (Wildman–Crippen LogP) is 5.19. The molecule has 0 aliphatic rings. The van der Waals surface area contributed by atoms with Crippen LogP contribution in [-0.2, 0) is 32.6 Å². The smallest absolute Gasteiger partial charge is 0.244 e. The molecule has 0 saturated carbocycles. The van der Waals surface area contributed by atoms with E-state index in [-0.39, 0.29) is 34.6 Å². The summed E-state index contributed by atoms with van der Waals surface area (Å²) in [5.74, 6) is -0.966. The molecule has 0 fully saturated rings. The molecule has 1 atom stereocenters. The van der Waals surface area contributed by atoms with Crippen molar-refractivity contribution in [3.8, 4) is 0 Å². The van der Waals surface area contributed by atoms with Gasteiger partial charge >= 0.3 is 0 Å². The Morgan fingerprint density at radius 1 is 0.921 bits per heavy atom. The van der Waals surface area contributed by atoms with E-state index < -0.39 is 28.5 Å². The van der Waals surface area contributed by atoms with Crippen LogP contribution < -0.4 is 9.62 Å². The van der Waals surface area contributed by atoms with Crippen LogP contribution in [0.4, 0.5) is 5.69 Å². The Kier molecular flexibility index (Phi) is 10.4. The van der Waals surface area contributed by atoms with E-state index in [4.69, 9.17) is 34.8 Å². The van der Waals surface area contributed by atoms with Crippen molar-refractivity contribution in [3.63, 3.8) is 0 Å². The second-order valence-corrected chi connectivity index (χ2v) is 11.8. The zero-order valence-corrected chi connectivity index (χ0v) is 24.0. The van der Waals surface area contributed by atoms with E-state index in [2.05, 4.69) is 5.32 Å². The first-order valence-corrected chi connectivity index (χ1v) is 14.8. The van der Waals surface area contributed by atoms with Crippen molar-refractivity contribution < 1.29 is 18.0 Å². The Morgan fingerprint density at radius 2 is 1.53 bits per heavy atom. The van der Waals surface area contributed by atoms with Crippen LogP contribution in [0.2, 0.25) is 15.1 Å². The average Bonchev–Trinajstić information content (AvgIpc) is 2.85. The SMILES string of the molecule is CCNC(=O)[C@@H](Cc1ccccc1)N(Cc1ccccc1Cl)C(=O)CN(c1cc(Cl)cc(Cl)c1)S(C)(=O)=O. The Labute approximate surface area is 238 Å². The van der Waals surface area contributed by atoms with Gasteiger partial charge in [0.2, 0.25) is 21.8 Å². The number of benzene rings is 3. The van der Waals surface area contributed by atoms with Crippen molar-refractivity contribution in [2.24, 2.45) is 0 Å². The summed E-state index contributed by atoms with van der Waals surface area (Å²) in [5, 5.41) is 3.64. The van der Waals surface area contributed by atoms with Crippen molar-refractivity contribution in [3.05, 3.63) is 99.0 Å². The topological polar surface area (TPSA) is 86.8 Å². The number of hydrogen-bond donors (Lipinski definition) is 1.